The molecule has 0 saturated heterocycles. The summed E-state index contributed by atoms with van der Waals surface area (Å²) in [6.45, 7) is -0.110. The van der Waals surface area contributed by atoms with E-state index < -0.39 is 0 Å². The molecule has 1 atom stereocenters. The molecule has 148 valence electrons. The van der Waals surface area contributed by atoms with Gasteiger partial charge in [-0.25, -0.2) is 0 Å². The van der Waals surface area contributed by atoms with Crippen LogP contribution in [0.1, 0.15) is 17.4 Å². The monoisotopic (exact) mass is 446 g/mol. The van der Waals surface area contributed by atoms with E-state index in [0.717, 1.165) is 10.7 Å². The Morgan fingerprint density at radius 3 is 2.72 bits per heavy atom. The van der Waals surface area contributed by atoms with Crippen molar-refractivity contribution in [3.05, 3.63) is 76.7 Å². The molecular weight excluding hydrogens is 431 g/mol. The first-order valence-electron chi connectivity index (χ1n) is 8.85. The topological polar surface area (TPSA) is 62.6 Å². The molecule has 1 N–H and O–H groups in total. The quantitative estimate of drug-likeness (QED) is 0.550. The maximum atomic E-state index is 13.0. The number of hydrogen-bond acceptors (Lipinski definition) is 4. The van der Waals surface area contributed by atoms with Gasteiger partial charge in [0.05, 0.1) is 27.2 Å². The smallest absolute Gasteiger partial charge is 0.244 e. The Labute approximate surface area is 182 Å². The van der Waals surface area contributed by atoms with Crippen LogP contribution in [-0.2, 0) is 9.59 Å². The van der Waals surface area contributed by atoms with Crippen LogP contribution in [-0.4, -0.2) is 18.4 Å². The maximum absolute atomic E-state index is 13.0. The SMILES string of the molecule is O=C(CN1C(=O)CC(c2ccco2)Sc2ccccc21)Nc1ccc(Cl)c(Cl)c1. The molecule has 8 heteroatoms. The van der Waals surface area contributed by atoms with Crippen LogP contribution in [0, 0.1) is 0 Å². The molecule has 4 rings (SSSR count). The van der Waals surface area contributed by atoms with Gasteiger partial charge in [0.1, 0.15) is 12.3 Å². The Bertz CT molecular complexity index is 1060. The van der Waals surface area contributed by atoms with Gasteiger partial charge >= 0.3 is 0 Å². The van der Waals surface area contributed by atoms with Crippen molar-refractivity contribution in [3.63, 3.8) is 0 Å². The average molecular weight is 447 g/mol. The van der Waals surface area contributed by atoms with Gasteiger partial charge in [-0.3, -0.25) is 9.59 Å². The van der Waals surface area contributed by atoms with E-state index in [0.29, 0.717) is 21.4 Å². The molecule has 1 aliphatic rings. The lowest BCUT2D eigenvalue weighted by atomic mass is 10.2. The summed E-state index contributed by atoms with van der Waals surface area (Å²) in [4.78, 5) is 28.1. The predicted octanol–water partition coefficient (Wildman–Crippen LogP) is 5.80. The Hall–Kier alpha value is -2.41. The van der Waals surface area contributed by atoms with Crippen LogP contribution in [0.25, 0.3) is 0 Å². The fourth-order valence-corrected chi connectivity index (χ4v) is 4.64. The van der Waals surface area contributed by atoms with Gasteiger partial charge in [0.2, 0.25) is 11.8 Å². The molecule has 5 nitrogen and oxygen atoms in total. The van der Waals surface area contributed by atoms with E-state index in [9.17, 15) is 9.59 Å². The molecule has 0 aliphatic carbocycles. The minimum absolute atomic E-state index is 0.110. The number of nitrogens with zero attached hydrogens (tertiary/aromatic N) is 1. The van der Waals surface area contributed by atoms with Crippen LogP contribution < -0.4 is 10.2 Å². The predicted molar refractivity (Wildman–Crippen MR) is 116 cm³/mol. The molecule has 1 aromatic heterocycles. The van der Waals surface area contributed by atoms with Gasteiger partial charge in [0.15, 0.2) is 0 Å². The highest BCUT2D eigenvalue weighted by Gasteiger charge is 2.31. The molecule has 2 amide bonds. The van der Waals surface area contributed by atoms with Crippen molar-refractivity contribution in [2.75, 3.05) is 16.8 Å². The van der Waals surface area contributed by atoms with Gasteiger partial charge in [-0.1, -0.05) is 35.3 Å². The van der Waals surface area contributed by atoms with E-state index in [-0.39, 0.29) is 30.0 Å². The first-order valence-corrected chi connectivity index (χ1v) is 10.5. The molecule has 29 heavy (non-hydrogen) atoms. The fourth-order valence-electron chi connectivity index (χ4n) is 3.10. The lowest BCUT2D eigenvalue weighted by molar-refractivity contribution is -0.121. The molecule has 1 aliphatic heterocycles. The van der Waals surface area contributed by atoms with Crippen molar-refractivity contribution in [3.8, 4) is 0 Å². The van der Waals surface area contributed by atoms with Crippen molar-refractivity contribution in [2.45, 2.75) is 16.6 Å². The summed E-state index contributed by atoms with van der Waals surface area (Å²) in [5.74, 6) is 0.265. The lowest BCUT2D eigenvalue weighted by Crippen LogP contribution is -2.38. The highest BCUT2D eigenvalue weighted by atomic mass is 35.5. The molecule has 0 radical (unpaired) electrons. The van der Waals surface area contributed by atoms with Crippen LogP contribution in [0.2, 0.25) is 10.0 Å². The normalized spacial score (nSPS) is 16.3. The number of carbonyl (C=O) groups is 2. The van der Waals surface area contributed by atoms with Crippen LogP contribution in [0.4, 0.5) is 11.4 Å². The number of carbonyl (C=O) groups excluding carboxylic acids is 2. The second kappa shape index (κ2) is 8.53. The van der Waals surface area contributed by atoms with Gasteiger partial charge in [-0.2, -0.15) is 0 Å². The zero-order valence-electron chi connectivity index (χ0n) is 15.1. The summed E-state index contributed by atoms with van der Waals surface area (Å²) in [5.41, 5.74) is 1.23. The highest BCUT2D eigenvalue weighted by molar-refractivity contribution is 7.99. The third-order valence-corrected chi connectivity index (χ3v) is 6.47. The van der Waals surface area contributed by atoms with Crippen molar-refractivity contribution in [2.24, 2.45) is 0 Å². The first kappa shape index (κ1) is 19.9. The molecular formula is C21H16Cl2N2O3S. The zero-order chi connectivity index (χ0) is 20.4. The second-order valence-electron chi connectivity index (χ2n) is 6.45. The summed E-state index contributed by atoms with van der Waals surface area (Å²) < 4.78 is 5.51. The van der Waals surface area contributed by atoms with Crippen molar-refractivity contribution in [1.82, 2.24) is 0 Å². The van der Waals surface area contributed by atoms with E-state index in [4.69, 9.17) is 27.6 Å². The molecule has 0 saturated carbocycles. The molecule has 3 aromatic rings. The van der Waals surface area contributed by atoms with E-state index in [1.54, 1.807) is 42.3 Å². The minimum Gasteiger partial charge on any atom is -0.468 e. The number of anilines is 2. The van der Waals surface area contributed by atoms with Crippen molar-refractivity contribution < 1.29 is 14.0 Å². The third kappa shape index (κ3) is 4.45. The largest absolute Gasteiger partial charge is 0.468 e. The number of nitrogens with one attached hydrogen (secondary N) is 1. The van der Waals surface area contributed by atoms with Crippen LogP contribution in [0.3, 0.4) is 0 Å². The second-order valence-corrected chi connectivity index (χ2v) is 8.51. The summed E-state index contributed by atoms with van der Waals surface area (Å²) in [6.07, 6.45) is 1.83. The summed E-state index contributed by atoms with van der Waals surface area (Å²) in [6, 6.07) is 16.1. The number of furan rings is 1. The van der Waals surface area contributed by atoms with Crippen LogP contribution in [0.15, 0.2) is 70.2 Å². The van der Waals surface area contributed by atoms with Gasteiger partial charge in [0.25, 0.3) is 0 Å². The average Bonchev–Trinajstić information content (AvgIpc) is 3.19. The number of rotatable bonds is 4. The molecule has 0 spiro atoms. The van der Waals surface area contributed by atoms with E-state index in [1.165, 1.54) is 4.90 Å². The zero-order valence-corrected chi connectivity index (χ0v) is 17.4. The molecule has 0 fully saturated rings. The standard InChI is InChI=1S/C21H16Cl2N2O3S/c22-14-8-7-13(10-15(14)23)24-20(26)12-25-16-4-1-2-6-18(16)29-19(11-21(25)27)17-5-3-9-28-17/h1-10,19H,11-12H2,(H,24,26). The van der Waals surface area contributed by atoms with Crippen LogP contribution >= 0.6 is 35.0 Å². The number of benzene rings is 2. The number of fused-ring (bicyclic) bond motifs is 1. The van der Waals surface area contributed by atoms with Gasteiger partial charge in [-0.05, 0) is 42.5 Å². The molecule has 1 unspecified atom stereocenters. The molecule has 2 aromatic carbocycles. The Morgan fingerprint density at radius 2 is 1.97 bits per heavy atom. The summed E-state index contributed by atoms with van der Waals surface area (Å²) >= 11 is 13.5. The Kier molecular flexibility index (Phi) is 5.85. The van der Waals surface area contributed by atoms with Crippen molar-refractivity contribution in [1.29, 1.82) is 0 Å². The number of para-hydroxylation sites is 1. The lowest BCUT2D eigenvalue weighted by Gasteiger charge is -2.22. The van der Waals surface area contributed by atoms with Gasteiger partial charge < -0.3 is 14.6 Å². The third-order valence-electron chi connectivity index (χ3n) is 4.45. The Balaban J connectivity index is 1.57. The number of thioether (sulfide) groups is 1. The fraction of sp³-hybridized carbons (Fsp3) is 0.143. The van der Waals surface area contributed by atoms with Gasteiger partial charge in [0, 0.05) is 17.0 Å². The number of amides is 2. The summed E-state index contributed by atoms with van der Waals surface area (Å²) in [5, 5.41) is 3.37. The Morgan fingerprint density at radius 1 is 1.14 bits per heavy atom. The number of hydrogen-bond donors (Lipinski definition) is 1. The van der Waals surface area contributed by atoms with E-state index >= 15 is 0 Å². The first-order chi connectivity index (χ1) is 14.0. The van der Waals surface area contributed by atoms with Crippen molar-refractivity contribution >= 4 is 58.2 Å². The van der Waals surface area contributed by atoms with E-state index in [1.807, 2.05) is 30.3 Å². The van der Waals surface area contributed by atoms with E-state index in [2.05, 4.69) is 5.32 Å². The minimum atomic E-state index is -0.326. The van der Waals surface area contributed by atoms with Crippen LogP contribution in [0.5, 0.6) is 0 Å². The maximum Gasteiger partial charge on any atom is 0.244 e. The van der Waals surface area contributed by atoms with Gasteiger partial charge in [-0.15, -0.1) is 11.8 Å². The molecule has 0 bridgehead atoms. The summed E-state index contributed by atoms with van der Waals surface area (Å²) in [7, 11) is 0. The molecule has 2 heterocycles. The number of halogens is 2. The highest BCUT2D eigenvalue weighted by Crippen LogP contribution is 2.45.